The highest BCUT2D eigenvalue weighted by atomic mass is 35.5. The monoisotopic (exact) mass is 300 g/mol. The lowest BCUT2D eigenvalue weighted by Gasteiger charge is -2.28. The largest absolute Gasteiger partial charge is 0.341 e. The van der Waals surface area contributed by atoms with Gasteiger partial charge in [-0.05, 0) is 17.7 Å². The molecule has 0 spiro atoms. The fourth-order valence-electron chi connectivity index (χ4n) is 2.32. The van der Waals surface area contributed by atoms with Crippen LogP contribution in [0.5, 0.6) is 0 Å². The van der Waals surface area contributed by atoms with Gasteiger partial charge in [-0.2, -0.15) is 11.8 Å². The molecule has 2 N–H and O–H groups in total. The van der Waals surface area contributed by atoms with Crippen molar-refractivity contribution in [1.82, 2.24) is 4.90 Å². The molecule has 1 heterocycles. The van der Waals surface area contributed by atoms with Crippen LogP contribution in [0.2, 0.25) is 0 Å². The van der Waals surface area contributed by atoms with Gasteiger partial charge in [-0.3, -0.25) is 4.79 Å². The number of carbonyl (C=O) groups excluding carboxylic acids is 1. The third-order valence-electron chi connectivity index (χ3n) is 3.54. The molecule has 1 aliphatic rings. The standard InChI is InChI=1S/C14H20N2OS.ClH/c1-16(12-7-8-18-10-12)14(17)13(9-15)11-5-3-2-4-6-11;/h2-6,12-13H,7-10,15H2,1H3;1H. The fraction of sp³-hybridized carbons (Fsp3) is 0.500. The van der Waals surface area contributed by atoms with Gasteiger partial charge in [0.25, 0.3) is 0 Å². The summed E-state index contributed by atoms with van der Waals surface area (Å²) in [6, 6.07) is 10.2. The Bertz CT molecular complexity index is 396. The third-order valence-corrected chi connectivity index (χ3v) is 4.68. The van der Waals surface area contributed by atoms with Crippen molar-refractivity contribution in [2.24, 2.45) is 5.73 Å². The Morgan fingerprint density at radius 1 is 1.47 bits per heavy atom. The first kappa shape index (κ1) is 16.3. The molecule has 1 amide bonds. The Balaban J connectivity index is 0.00000180. The van der Waals surface area contributed by atoms with E-state index in [1.54, 1.807) is 0 Å². The number of benzene rings is 1. The summed E-state index contributed by atoms with van der Waals surface area (Å²) in [6.07, 6.45) is 1.10. The summed E-state index contributed by atoms with van der Waals surface area (Å²) in [7, 11) is 1.91. The lowest BCUT2D eigenvalue weighted by Crippen LogP contribution is -2.41. The molecule has 19 heavy (non-hydrogen) atoms. The van der Waals surface area contributed by atoms with E-state index in [9.17, 15) is 4.79 Å². The average molecular weight is 301 g/mol. The number of likely N-dealkylation sites (N-methyl/N-ethyl adjacent to an activating group) is 1. The van der Waals surface area contributed by atoms with E-state index in [0.29, 0.717) is 12.6 Å². The maximum absolute atomic E-state index is 12.5. The number of carbonyl (C=O) groups is 1. The molecule has 2 atom stereocenters. The zero-order valence-electron chi connectivity index (χ0n) is 11.1. The Morgan fingerprint density at radius 3 is 2.68 bits per heavy atom. The van der Waals surface area contributed by atoms with Gasteiger partial charge in [-0.1, -0.05) is 30.3 Å². The second-order valence-electron chi connectivity index (χ2n) is 4.67. The molecule has 0 radical (unpaired) electrons. The number of nitrogens with zero attached hydrogens (tertiary/aromatic N) is 1. The first-order valence-corrected chi connectivity index (χ1v) is 7.49. The fourth-order valence-corrected chi connectivity index (χ4v) is 3.59. The summed E-state index contributed by atoms with van der Waals surface area (Å²) in [4.78, 5) is 14.4. The quantitative estimate of drug-likeness (QED) is 0.926. The number of amides is 1. The van der Waals surface area contributed by atoms with Crippen LogP contribution in [0.15, 0.2) is 30.3 Å². The van der Waals surface area contributed by atoms with Gasteiger partial charge in [-0.15, -0.1) is 12.4 Å². The van der Waals surface area contributed by atoms with E-state index in [2.05, 4.69) is 0 Å². The normalized spacial score (nSPS) is 19.6. The average Bonchev–Trinajstić information content (AvgIpc) is 2.94. The third kappa shape index (κ3) is 3.88. The summed E-state index contributed by atoms with van der Waals surface area (Å²) in [5.41, 5.74) is 6.81. The van der Waals surface area contributed by atoms with E-state index >= 15 is 0 Å². The van der Waals surface area contributed by atoms with Crippen LogP contribution in [0.3, 0.4) is 0 Å². The van der Waals surface area contributed by atoms with Crippen LogP contribution in [-0.4, -0.2) is 41.9 Å². The van der Waals surface area contributed by atoms with Crippen LogP contribution in [0.4, 0.5) is 0 Å². The van der Waals surface area contributed by atoms with Crippen LogP contribution in [0.25, 0.3) is 0 Å². The number of rotatable bonds is 4. The molecule has 1 aromatic rings. The summed E-state index contributed by atoms with van der Waals surface area (Å²) in [5, 5.41) is 0. The number of hydrogen-bond donors (Lipinski definition) is 1. The predicted octanol–water partition coefficient (Wildman–Crippen LogP) is 2.11. The molecule has 0 bridgehead atoms. The van der Waals surface area contributed by atoms with Crippen LogP contribution >= 0.6 is 24.2 Å². The first-order valence-electron chi connectivity index (χ1n) is 6.33. The topological polar surface area (TPSA) is 46.3 Å². The van der Waals surface area contributed by atoms with E-state index in [4.69, 9.17) is 5.73 Å². The van der Waals surface area contributed by atoms with Crippen molar-refractivity contribution in [2.45, 2.75) is 18.4 Å². The lowest BCUT2D eigenvalue weighted by atomic mass is 9.97. The summed E-state index contributed by atoms with van der Waals surface area (Å²) < 4.78 is 0. The second kappa shape index (κ2) is 7.78. The van der Waals surface area contributed by atoms with Crippen molar-refractivity contribution in [3.8, 4) is 0 Å². The van der Waals surface area contributed by atoms with E-state index < -0.39 is 0 Å². The summed E-state index contributed by atoms with van der Waals surface area (Å²) in [5.74, 6) is 2.15. The molecule has 0 saturated carbocycles. The van der Waals surface area contributed by atoms with Gasteiger partial charge in [0.05, 0.1) is 5.92 Å². The molecule has 2 rings (SSSR count). The van der Waals surface area contributed by atoms with Gasteiger partial charge in [0, 0.05) is 25.4 Å². The molecule has 5 heteroatoms. The minimum atomic E-state index is -0.207. The SMILES string of the molecule is CN(C(=O)C(CN)c1ccccc1)C1CCSC1.Cl. The highest BCUT2D eigenvalue weighted by Gasteiger charge is 2.29. The zero-order chi connectivity index (χ0) is 13.0. The van der Waals surface area contributed by atoms with Crippen molar-refractivity contribution in [1.29, 1.82) is 0 Å². The van der Waals surface area contributed by atoms with Gasteiger partial charge in [0.15, 0.2) is 0 Å². The van der Waals surface area contributed by atoms with Crippen molar-refractivity contribution in [3.05, 3.63) is 35.9 Å². The number of nitrogens with two attached hydrogens (primary N) is 1. The number of hydrogen-bond acceptors (Lipinski definition) is 3. The van der Waals surface area contributed by atoms with Crippen LogP contribution < -0.4 is 5.73 Å². The summed E-state index contributed by atoms with van der Waals surface area (Å²) >= 11 is 1.92. The van der Waals surface area contributed by atoms with Crippen molar-refractivity contribution in [3.63, 3.8) is 0 Å². The predicted molar refractivity (Wildman–Crippen MR) is 84.0 cm³/mol. The molecular weight excluding hydrogens is 280 g/mol. The molecule has 1 saturated heterocycles. The molecule has 0 aliphatic carbocycles. The molecule has 2 unspecified atom stereocenters. The number of halogens is 1. The molecule has 3 nitrogen and oxygen atoms in total. The minimum Gasteiger partial charge on any atom is -0.341 e. The van der Waals surface area contributed by atoms with Crippen molar-refractivity contribution >= 4 is 30.1 Å². The Labute approximate surface area is 125 Å². The molecular formula is C14H21ClN2OS. The van der Waals surface area contributed by atoms with Crippen LogP contribution in [0, 0.1) is 0 Å². The smallest absolute Gasteiger partial charge is 0.231 e. The van der Waals surface area contributed by atoms with Crippen molar-refractivity contribution in [2.75, 3.05) is 25.1 Å². The van der Waals surface area contributed by atoms with Gasteiger partial charge in [0.1, 0.15) is 0 Å². The van der Waals surface area contributed by atoms with Crippen molar-refractivity contribution < 1.29 is 4.79 Å². The highest BCUT2D eigenvalue weighted by molar-refractivity contribution is 7.99. The number of thioether (sulfide) groups is 1. The van der Waals surface area contributed by atoms with Gasteiger partial charge in [-0.25, -0.2) is 0 Å². The van der Waals surface area contributed by atoms with E-state index in [1.165, 1.54) is 0 Å². The Kier molecular flexibility index (Phi) is 6.69. The highest BCUT2D eigenvalue weighted by Crippen LogP contribution is 2.24. The van der Waals surface area contributed by atoms with E-state index in [-0.39, 0.29) is 24.2 Å². The van der Waals surface area contributed by atoms with Crippen LogP contribution in [-0.2, 0) is 4.79 Å². The van der Waals surface area contributed by atoms with Gasteiger partial charge in [0.2, 0.25) is 5.91 Å². The molecule has 0 aromatic heterocycles. The second-order valence-corrected chi connectivity index (χ2v) is 5.82. The Morgan fingerprint density at radius 2 is 2.16 bits per heavy atom. The molecule has 1 aliphatic heterocycles. The molecule has 1 fully saturated rings. The van der Waals surface area contributed by atoms with Crippen LogP contribution in [0.1, 0.15) is 17.9 Å². The Hall–Kier alpha value is -0.710. The van der Waals surface area contributed by atoms with Gasteiger partial charge < -0.3 is 10.6 Å². The maximum Gasteiger partial charge on any atom is 0.231 e. The molecule has 1 aromatic carbocycles. The zero-order valence-corrected chi connectivity index (χ0v) is 12.8. The van der Waals surface area contributed by atoms with E-state index in [0.717, 1.165) is 23.5 Å². The van der Waals surface area contributed by atoms with E-state index in [1.807, 2.05) is 54.0 Å². The minimum absolute atomic E-state index is 0. The van der Waals surface area contributed by atoms with Gasteiger partial charge >= 0.3 is 0 Å². The maximum atomic E-state index is 12.5. The molecule has 106 valence electrons. The summed E-state index contributed by atoms with van der Waals surface area (Å²) in [6.45, 7) is 0.368. The lowest BCUT2D eigenvalue weighted by molar-refractivity contribution is -0.132. The first-order chi connectivity index (χ1) is 8.74.